The number of carbonyl (C=O) groups is 1. The fourth-order valence-corrected chi connectivity index (χ4v) is 3.17. The molecule has 0 saturated carbocycles. The third-order valence-electron chi connectivity index (χ3n) is 3.82. The van der Waals surface area contributed by atoms with Gasteiger partial charge >= 0.3 is 0 Å². The van der Waals surface area contributed by atoms with Crippen LogP contribution in [0.25, 0.3) is 11.0 Å². The summed E-state index contributed by atoms with van der Waals surface area (Å²) in [4.78, 5) is 20.9. The second-order valence-electron chi connectivity index (χ2n) is 5.24. The van der Waals surface area contributed by atoms with Gasteiger partial charge in [0.1, 0.15) is 0 Å². The first-order chi connectivity index (χ1) is 10.2. The first kappa shape index (κ1) is 14.4. The molecule has 1 amide bonds. The number of aromatic nitrogens is 2. The van der Waals surface area contributed by atoms with Gasteiger partial charge in [0, 0.05) is 36.5 Å². The van der Waals surface area contributed by atoms with Crippen LogP contribution in [0.4, 0.5) is 0 Å². The number of hydrogen-bond donors (Lipinski definition) is 1. The number of fused-ring (bicyclic) bond motifs is 1. The lowest BCUT2D eigenvalue weighted by molar-refractivity contribution is 0.0442. The van der Waals surface area contributed by atoms with E-state index in [1.54, 1.807) is 24.5 Å². The Bertz CT molecular complexity index is 656. The van der Waals surface area contributed by atoms with Crippen molar-refractivity contribution < 1.29 is 9.53 Å². The van der Waals surface area contributed by atoms with Gasteiger partial charge in [-0.05, 0) is 31.0 Å². The second kappa shape index (κ2) is 6.07. The molecule has 0 atom stereocenters. The monoisotopic (exact) mass is 349 g/mol. The molecule has 6 heteroatoms. The number of ether oxygens (including phenoxy) is 1. The summed E-state index contributed by atoms with van der Waals surface area (Å²) in [6.07, 6.45) is 4.90. The van der Waals surface area contributed by atoms with Crippen LogP contribution in [0, 0.1) is 0 Å². The van der Waals surface area contributed by atoms with Crippen molar-refractivity contribution in [1.82, 2.24) is 15.3 Å². The molecule has 0 aliphatic carbocycles. The molecule has 0 spiro atoms. The molecule has 0 bridgehead atoms. The Morgan fingerprint density at radius 1 is 1.24 bits per heavy atom. The van der Waals surface area contributed by atoms with E-state index < -0.39 is 0 Å². The van der Waals surface area contributed by atoms with Gasteiger partial charge in [-0.2, -0.15) is 0 Å². The van der Waals surface area contributed by atoms with Gasteiger partial charge < -0.3 is 10.1 Å². The van der Waals surface area contributed by atoms with E-state index in [2.05, 4.69) is 31.2 Å². The maximum atomic E-state index is 12.5. The Kier molecular flexibility index (Phi) is 4.17. The van der Waals surface area contributed by atoms with Crippen LogP contribution in [0.5, 0.6) is 0 Å². The van der Waals surface area contributed by atoms with Crippen molar-refractivity contribution in [3.8, 4) is 0 Å². The molecule has 1 N–H and O–H groups in total. The molecule has 2 aromatic rings. The minimum atomic E-state index is -0.230. The summed E-state index contributed by atoms with van der Waals surface area (Å²) in [7, 11) is 0. The largest absolute Gasteiger partial charge is 0.381 e. The zero-order valence-corrected chi connectivity index (χ0v) is 13.1. The fourth-order valence-electron chi connectivity index (χ4n) is 2.47. The van der Waals surface area contributed by atoms with Crippen LogP contribution in [0.3, 0.4) is 0 Å². The van der Waals surface area contributed by atoms with E-state index in [1.807, 2.05) is 6.07 Å². The first-order valence-corrected chi connectivity index (χ1v) is 8.02. The predicted molar refractivity (Wildman–Crippen MR) is 83.6 cm³/mol. The highest BCUT2D eigenvalue weighted by Gasteiger charge is 2.33. The molecular weight excluding hydrogens is 334 g/mol. The second-order valence-corrected chi connectivity index (χ2v) is 5.80. The summed E-state index contributed by atoms with van der Waals surface area (Å²) in [5.41, 5.74) is 1.89. The maximum Gasteiger partial charge on any atom is 0.251 e. The molecule has 1 aromatic heterocycles. The predicted octanol–water partition coefficient (Wildman–Crippen LogP) is 2.30. The molecule has 1 saturated heterocycles. The summed E-state index contributed by atoms with van der Waals surface area (Å²) in [6.45, 7) is 1.35. The topological polar surface area (TPSA) is 64.1 Å². The van der Waals surface area contributed by atoms with Crippen molar-refractivity contribution in [2.24, 2.45) is 0 Å². The third kappa shape index (κ3) is 3.06. The van der Waals surface area contributed by atoms with E-state index in [0.717, 1.165) is 29.2 Å². The van der Waals surface area contributed by atoms with Crippen molar-refractivity contribution in [3.63, 3.8) is 0 Å². The lowest BCUT2D eigenvalue weighted by atomic mass is 9.92. The van der Waals surface area contributed by atoms with E-state index in [-0.39, 0.29) is 11.4 Å². The number of benzene rings is 1. The number of carbonyl (C=O) groups excluding carboxylic acids is 1. The van der Waals surface area contributed by atoms with Crippen LogP contribution >= 0.6 is 15.9 Å². The average molecular weight is 350 g/mol. The Labute approximate surface area is 131 Å². The smallest absolute Gasteiger partial charge is 0.251 e. The van der Waals surface area contributed by atoms with Crippen molar-refractivity contribution >= 4 is 32.9 Å². The van der Waals surface area contributed by atoms with Gasteiger partial charge in [-0.25, -0.2) is 0 Å². The zero-order valence-electron chi connectivity index (χ0n) is 11.5. The molecule has 3 rings (SSSR count). The van der Waals surface area contributed by atoms with Gasteiger partial charge in [-0.15, -0.1) is 0 Å². The summed E-state index contributed by atoms with van der Waals surface area (Å²) >= 11 is 3.52. The van der Waals surface area contributed by atoms with Crippen molar-refractivity contribution in [2.75, 3.05) is 18.5 Å². The molecule has 1 fully saturated rings. The average Bonchev–Trinajstić information content (AvgIpc) is 2.55. The van der Waals surface area contributed by atoms with Gasteiger partial charge in [0.05, 0.1) is 16.6 Å². The summed E-state index contributed by atoms with van der Waals surface area (Å²) < 4.78 is 5.38. The number of rotatable bonds is 3. The van der Waals surface area contributed by atoms with Crippen molar-refractivity contribution in [1.29, 1.82) is 0 Å². The molecule has 1 aromatic carbocycles. The van der Waals surface area contributed by atoms with Crippen LogP contribution in [-0.2, 0) is 4.74 Å². The summed E-state index contributed by atoms with van der Waals surface area (Å²) in [5.74, 6) is -0.0797. The highest BCUT2D eigenvalue weighted by molar-refractivity contribution is 9.09. The Morgan fingerprint density at radius 2 is 1.95 bits per heavy atom. The third-order valence-corrected chi connectivity index (χ3v) is 4.89. The molecule has 0 radical (unpaired) electrons. The highest BCUT2D eigenvalue weighted by atomic mass is 79.9. The number of hydrogen-bond acceptors (Lipinski definition) is 4. The van der Waals surface area contributed by atoms with Gasteiger partial charge in [0.15, 0.2) is 0 Å². The summed E-state index contributed by atoms with van der Waals surface area (Å²) in [5, 5.41) is 3.87. The Hall–Kier alpha value is -1.53. The fraction of sp³-hybridized carbons (Fsp3) is 0.400. The number of amides is 1. The van der Waals surface area contributed by atoms with E-state index in [0.29, 0.717) is 18.8 Å². The normalized spacial score (nSPS) is 17.6. The zero-order chi connectivity index (χ0) is 14.7. The van der Waals surface area contributed by atoms with Gasteiger partial charge in [-0.3, -0.25) is 14.8 Å². The standard InChI is InChI=1S/C15H16BrN3O2/c16-10-15(3-7-21-8-4-15)19-14(20)11-1-2-12-13(9-11)18-6-5-17-12/h1-2,5-6,9H,3-4,7-8,10H2,(H,19,20). The minimum absolute atomic E-state index is 0.0797. The van der Waals surface area contributed by atoms with E-state index in [1.165, 1.54) is 0 Å². The van der Waals surface area contributed by atoms with Crippen LogP contribution in [0.15, 0.2) is 30.6 Å². The van der Waals surface area contributed by atoms with Crippen LogP contribution < -0.4 is 5.32 Å². The lowest BCUT2D eigenvalue weighted by Crippen LogP contribution is -2.53. The number of nitrogens with one attached hydrogen (secondary N) is 1. The SMILES string of the molecule is O=C(NC1(CBr)CCOCC1)c1ccc2nccnc2c1. The van der Waals surface area contributed by atoms with Crippen LogP contribution in [0.1, 0.15) is 23.2 Å². The highest BCUT2D eigenvalue weighted by Crippen LogP contribution is 2.24. The van der Waals surface area contributed by atoms with E-state index in [4.69, 9.17) is 4.74 Å². The number of halogens is 1. The Morgan fingerprint density at radius 3 is 2.67 bits per heavy atom. The molecule has 1 aliphatic heterocycles. The number of nitrogens with zero attached hydrogens (tertiary/aromatic N) is 2. The molecule has 110 valence electrons. The molecule has 1 aliphatic rings. The van der Waals surface area contributed by atoms with Gasteiger partial charge in [-0.1, -0.05) is 15.9 Å². The minimum Gasteiger partial charge on any atom is -0.381 e. The Balaban J connectivity index is 1.82. The van der Waals surface area contributed by atoms with Crippen molar-refractivity contribution in [3.05, 3.63) is 36.2 Å². The molecule has 2 heterocycles. The van der Waals surface area contributed by atoms with Gasteiger partial charge in [0.2, 0.25) is 0 Å². The first-order valence-electron chi connectivity index (χ1n) is 6.89. The quantitative estimate of drug-likeness (QED) is 0.863. The van der Waals surface area contributed by atoms with Gasteiger partial charge in [0.25, 0.3) is 5.91 Å². The van der Waals surface area contributed by atoms with E-state index in [9.17, 15) is 4.79 Å². The summed E-state index contributed by atoms with van der Waals surface area (Å²) in [6, 6.07) is 5.38. The van der Waals surface area contributed by atoms with Crippen LogP contribution in [-0.4, -0.2) is 40.0 Å². The molecule has 5 nitrogen and oxygen atoms in total. The number of alkyl halides is 1. The molecular formula is C15H16BrN3O2. The molecule has 21 heavy (non-hydrogen) atoms. The maximum absolute atomic E-state index is 12.5. The van der Waals surface area contributed by atoms with Crippen molar-refractivity contribution in [2.45, 2.75) is 18.4 Å². The lowest BCUT2D eigenvalue weighted by Gasteiger charge is -2.36. The van der Waals surface area contributed by atoms with E-state index >= 15 is 0 Å². The van der Waals surface area contributed by atoms with Crippen LogP contribution in [0.2, 0.25) is 0 Å². The molecule has 0 unspecified atom stereocenters.